The molecule has 2 aliphatic rings. The van der Waals surface area contributed by atoms with E-state index >= 15 is 0 Å². The summed E-state index contributed by atoms with van der Waals surface area (Å²) in [6.07, 6.45) is 8.25. The van der Waals surface area contributed by atoms with Crippen LogP contribution in [0.2, 0.25) is 0 Å². The van der Waals surface area contributed by atoms with Crippen molar-refractivity contribution >= 4 is 11.8 Å². The lowest BCUT2D eigenvalue weighted by molar-refractivity contribution is -0.132. The van der Waals surface area contributed by atoms with Gasteiger partial charge in [-0.05, 0) is 25.3 Å². The molecule has 8 nitrogen and oxygen atoms in total. The molecule has 2 aromatic rings. The highest BCUT2D eigenvalue weighted by molar-refractivity contribution is 5.92. The maximum absolute atomic E-state index is 12.7. The predicted molar refractivity (Wildman–Crippen MR) is 102 cm³/mol. The lowest BCUT2D eigenvalue weighted by Crippen LogP contribution is -2.37. The Balaban J connectivity index is 1.45. The standard InChI is InChI=1S/C20H26N6O2/c1-24-18-8-12-26(20(28)17-7-9-21-14-22-17)13-15(18)16(23-24)5-6-19(27)25-10-3-2-4-11-25/h7,9,14H,2-6,8,10-13H2,1H3. The van der Waals surface area contributed by atoms with E-state index < -0.39 is 0 Å². The van der Waals surface area contributed by atoms with E-state index in [9.17, 15) is 9.59 Å². The van der Waals surface area contributed by atoms with E-state index in [-0.39, 0.29) is 11.8 Å². The Bertz CT molecular complexity index is 857. The molecule has 1 saturated heterocycles. The Morgan fingerprint density at radius 3 is 2.68 bits per heavy atom. The lowest BCUT2D eigenvalue weighted by atomic mass is 10.0. The van der Waals surface area contributed by atoms with Crippen LogP contribution in [-0.2, 0) is 31.2 Å². The second-order valence-electron chi connectivity index (χ2n) is 7.51. The third-order valence-corrected chi connectivity index (χ3v) is 5.70. The summed E-state index contributed by atoms with van der Waals surface area (Å²) in [7, 11) is 1.94. The summed E-state index contributed by atoms with van der Waals surface area (Å²) in [6, 6.07) is 1.64. The highest BCUT2D eigenvalue weighted by atomic mass is 16.2. The Labute approximate surface area is 164 Å². The molecule has 0 N–H and O–H groups in total. The first-order valence-electron chi connectivity index (χ1n) is 10.00. The monoisotopic (exact) mass is 382 g/mol. The van der Waals surface area contributed by atoms with Gasteiger partial charge in [0.15, 0.2) is 0 Å². The third kappa shape index (κ3) is 3.76. The van der Waals surface area contributed by atoms with Gasteiger partial charge >= 0.3 is 0 Å². The van der Waals surface area contributed by atoms with Crippen molar-refractivity contribution in [3.05, 3.63) is 41.2 Å². The van der Waals surface area contributed by atoms with Crippen LogP contribution in [0.1, 0.15) is 53.1 Å². The maximum atomic E-state index is 12.7. The fourth-order valence-corrected chi connectivity index (χ4v) is 4.15. The van der Waals surface area contributed by atoms with Crippen LogP contribution >= 0.6 is 0 Å². The van der Waals surface area contributed by atoms with Gasteiger partial charge < -0.3 is 9.80 Å². The van der Waals surface area contributed by atoms with E-state index in [1.54, 1.807) is 12.3 Å². The van der Waals surface area contributed by atoms with Gasteiger partial charge in [0.05, 0.1) is 5.69 Å². The van der Waals surface area contributed by atoms with Gasteiger partial charge in [0.1, 0.15) is 12.0 Å². The van der Waals surface area contributed by atoms with Crippen LogP contribution in [-0.4, -0.2) is 61.0 Å². The molecule has 1 fully saturated rings. The van der Waals surface area contributed by atoms with E-state index in [0.29, 0.717) is 31.6 Å². The van der Waals surface area contributed by atoms with E-state index in [1.165, 1.54) is 12.7 Å². The van der Waals surface area contributed by atoms with E-state index in [0.717, 1.165) is 49.3 Å². The van der Waals surface area contributed by atoms with Crippen LogP contribution in [0.4, 0.5) is 0 Å². The number of aryl methyl sites for hydroxylation is 2. The minimum atomic E-state index is -0.0905. The smallest absolute Gasteiger partial charge is 0.272 e. The Morgan fingerprint density at radius 1 is 1.11 bits per heavy atom. The molecular formula is C20H26N6O2. The normalized spacial score (nSPS) is 16.8. The number of carbonyl (C=O) groups is 2. The number of carbonyl (C=O) groups excluding carboxylic acids is 2. The number of aromatic nitrogens is 4. The predicted octanol–water partition coefficient (Wildman–Crippen LogP) is 1.35. The van der Waals surface area contributed by atoms with Gasteiger partial charge in [0.2, 0.25) is 5.91 Å². The van der Waals surface area contributed by atoms with Crippen molar-refractivity contribution < 1.29 is 9.59 Å². The van der Waals surface area contributed by atoms with Crippen LogP contribution in [0.15, 0.2) is 18.6 Å². The largest absolute Gasteiger partial charge is 0.343 e. The van der Waals surface area contributed by atoms with Crippen LogP contribution < -0.4 is 0 Å². The summed E-state index contributed by atoms with van der Waals surface area (Å²) in [5.41, 5.74) is 3.59. The first kappa shape index (κ1) is 18.6. The first-order chi connectivity index (χ1) is 13.6. The third-order valence-electron chi connectivity index (χ3n) is 5.70. The van der Waals surface area contributed by atoms with E-state index in [4.69, 9.17) is 0 Å². The number of amides is 2. The number of piperidine rings is 1. The summed E-state index contributed by atoms with van der Waals surface area (Å²) >= 11 is 0. The number of nitrogens with zero attached hydrogens (tertiary/aromatic N) is 6. The second kappa shape index (κ2) is 8.08. The molecule has 0 spiro atoms. The Morgan fingerprint density at radius 2 is 1.93 bits per heavy atom. The molecule has 0 radical (unpaired) electrons. The lowest BCUT2D eigenvalue weighted by Gasteiger charge is -2.28. The molecule has 0 atom stereocenters. The van der Waals surface area contributed by atoms with Crippen molar-refractivity contribution in [3.8, 4) is 0 Å². The fourth-order valence-electron chi connectivity index (χ4n) is 4.15. The van der Waals surface area contributed by atoms with Gasteiger partial charge in [-0.1, -0.05) is 0 Å². The number of likely N-dealkylation sites (tertiary alicyclic amines) is 1. The Hall–Kier alpha value is -2.77. The SMILES string of the molecule is Cn1nc(CCC(=O)N2CCCCC2)c2c1CCN(C(=O)c1ccncn1)C2. The molecule has 2 aromatic heterocycles. The van der Waals surface area contributed by atoms with Gasteiger partial charge in [-0.3, -0.25) is 14.3 Å². The summed E-state index contributed by atoms with van der Waals surface area (Å²) < 4.78 is 1.91. The summed E-state index contributed by atoms with van der Waals surface area (Å²) in [4.78, 5) is 37.0. The van der Waals surface area contributed by atoms with Crippen LogP contribution in [0.25, 0.3) is 0 Å². The fraction of sp³-hybridized carbons (Fsp3) is 0.550. The maximum Gasteiger partial charge on any atom is 0.272 e. The average molecular weight is 382 g/mol. The topological polar surface area (TPSA) is 84.2 Å². The molecule has 2 aliphatic heterocycles. The van der Waals surface area contributed by atoms with Crippen LogP contribution in [0, 0.1) is 0 Å². The molecule has 148 valence electrons. The molecule has 28 heavy (non-hydrogen) atoms. The van der Waals surface area contributed by atoms with Gasteiger partial charge in [0, 0.05) is 69.9 Å². The van der Waals surface area contributed by atoms with Crippen molar-refractivity contribution in [2.45, 2.75) is 45.1 Å². The number of hydrogen-bond acceptors (Lipinski definition) is 5. The van der Waals surface area contributed by atoms with Gasteiger partial charge in [-0.15, -0.1) is 0 Å². The van der Waals surface area contributed by atoms with E-state index in [2.05, 4.69) is 15.1 Å². The van der Waals surface area contributed by atoms with Crippen molar-refractivity contribution in [2.24, 2.45) is 7.05 Å². The van der Waals surface area contributed by atoms with Gasteiger partial charge in [0.25, 0.3) is 5.91 Å². The van der Waals surface area contributed by atoms with Crippen molar-refractivity contribution in [2.75, 3.05) is 19.6 Å². The first-order valence-corrected chi connectivity index (χ1v) is 10.00. The highest BCUT2D eigenvalue weighted by Gasteiger charge is 2.28. The zero-order chi connectivity index (χ0) is 19.5. The van der Waals surface area contributed by atoms with Crippen molar-refractivity contribution in [1.29, 1.82) is 0 Å². The molecule has 0 aromatic carbocycles. The zero-order valence-electron chi connectivity index (χ0n) is 16.3. The van der Waals surface area contributed by atoms with Crippen molar-refractivity contribution in [1.82, 2.24) is 29.5 Å². The summed E-state index contributed by atoms with van der Waals surface area (Å²) in [6.45, 7) is 2.90. The molecule has 8 heteroatoms. The average Bonchev–Trinajstić information content (AvgIpc) is 3.07. The molecule has 0 bridgehead atoms. The molecule has 4 heterocycles. The van der Waals surface area contributed by atoms with Gasteiger partial charge in [-0.2, -0.15) is 5.10 Å². The van der Waals surface area contributed by atoms with Gasteiger partial charge in [-0.25, -0.2) is 9.97 Å². The van der Waals surface area contributed by atoms with Crippen LogP contribution in [0.3, 0.4) is 0 Å². The number of hydrogen-bond donors (Lipinski definition) is 0. The van der Waals surface area contributed by atoms with E-state index in [1.807, 2.05) is 21.5 Å². The molecule has 0 saturated carbocycles. The molecule has 0 aliphatic carbocycles. The number of rotatable bonds is 4. The summed E-state index contributed by atoms with van der Waals surface area (Å²) in [5.74, 6) is 0.121. The molecular weight excluding hydrogens is 356 g/mol. The molecule has 2 amide bonds. The Kier molecular flexibility index (Phi) is 5.36. The zero-order valence-corrected chi connectivity index (χ0v) is 16.3. The molecule has 4 rings (SSSR count). The highest BCUT2D eigenvalue weighted by Crippen LogP contribution is 2.24. The number of fused-ring (bicyclic) bond motifs is 1. The van der Waals surface area contributed by atoms with Crippen LogP contribution in [0.5, 0.6) is 0 Å². The quantitative estimate of drug-likeness (QED) is 0.797. The minimum absolute atomic E-state index is 0.0905. The van der Waals surface area contributed by atoms with Crippen molar-refractivity contribution in [3.63, 3.8) is 0 Å². The second-order valence-corrected chi connectivity index (χ2v) is 7.51. The minimum Gasteiger partial charge on any atom is -0.343 e. The molecule has 0 unspecified atom stereocenters. The summed E-state index contributed by atoms with van der Waals surface area (Å²) in [5, 5.41) is 4.66.